The van der Waals surface area contributed by atoms with Gasteiger partial charge in [-0.1, -0.05) is 109 Å². The van der Waals surface area contributed by atoms with Crippen LogP contribution in [0.25, 0.3) is 18.2 Å². The maximum atomic E-state index is 13.0. The molecule has 0 amide bonds. The SMILES string of the molecule is O=C(/C=C/c1ccccc1)c1cc(C(=O)/C=C/c2ccccc2)cc(C(=O)/C=C/c2ccccc2)c1. The van der Waals surface area contributed by atoms with Gasteiger partial charge in [0, 0.05) is 16.7 Å². The van der Waals surface area contributed by atoms with E-state index in [1.807, 2.05) is 91.0 Å². The average Bonchev–Trinajstić information content (AvgIpc) is 2.94. The smallest absolute Gasteiger partial charge is 0.185 e. The van der Waals surface area contributed by atoms with Gasteiger partial charge in [0.1, 0.15) is 0 Å². The minimum absolute atomic E-state index is 0.276. The van der Waals surface area contributed by atoms with Crippen molar-refractivity contribution in [2.75, 3.05) is 0 Å². The molecular formula is C33H24O3. The molecule has 3 nitrogen and oxygen atoms in total. The van der Waals surface area contributed by atoms with E-state index in [1.54, 1.807) is 18.2 Å². The molecule has 0 radical (unpaired) electrons. The summed E-state index contributed by atoms with van der Waals surface area (Å²) in [5.41, 5.74) is 3.47. The van der Waals surface area contributed by atoms with Crippen LogP contribution in [0.5, 0.6) is 0 Å². The van der Waals surface area contributed by atoms with E-state index in [-0.39, 0.29) is 34.0 Å². The summed E-state index contributed by atoms with van der Waals surface area (Å²) < 4.78 is 0. The second-order valence-corrected chi connectivity index (χ2v) is 8.12. The van der Waals surface area contributed by atoms with E-state index in [1.165, 1.54) is 36.4 Å². The normalized spacial score (nSPS) is 11.3. The lowest BCUT2D eigenvalue weighted by molar-refractivity contribution is 0.104. The van der Waals surface area contributed by atoms with Crippen LogP contribution in [-0.4, -0.2) is 17.3 Å². The number of hydrogen-bond acceptors (Lipinski definition) is 3. The first-order chi connectivity index (χ1) is 17.6. The Labute approximate surface area is 210 Å². The van der Waals surface area contributed by atoms with Gasteiger partial charge >= 0.3 is 0 Å². The minimum atomic E-state index is -0.290. The predicted octanol–water partition coefficient (Wildman–Crippen LogP) is 7.37. The molecule has 0 aliphatic carbocycles. The second kappa shape index (κ2) is 12.0. The third kappa shape index (κ3) is 6.81. The number of rotatable bonds is 9. The highest BCUT2D eigenvalue weighted by molar-refractivity contribution is 6.15. The molecule has 0 aromatic heterocycles. The summed E-state index contributed by atoms with van der Waals surface area (Å²) in [6.07, 6.45) is 9.49. The fourth-order valence-electron chi connectivity index (χ4n) is 3.55. The topological polar surface area (TPSA) is 51.2 Å². The Kier molecular flexibility index (Phi) is 8.08. The monoisotopic (exact) mass is 468 g/mol. The van der Waals surface area contributed by atoms with E-state index in [0.29, 0.717) is 0 Å². The van der Waals surface area contributed by atoms with E-state index >= 15 is 0 Å². The molecule has 0 aliphatic heterocycles. The van der Waals surface area contributed by atoms with Gasteiger partial charge in [-0.15, -0.1) is 0 Å². The van der Waals surface area contributed by atoms with E-state index in [4.69, 9.17) is 0 Å². The van der Waals surface area contributed by atoms with Crippen LogP contribution in [0.4, 0.5) is 0 Å². The average molecular weight is 469 g/mol. The Hall–Kier alpha value is -4.89. The van der Waals surface area contributed by atoms with E-state index in [2.05, 4.69) is 0 Å². The molecule has 0 unspecified atom stereocenters. The van der Waals surface area contributed by atoms with Crippen molar-refractivity contribution in [3.8, 4) is 0 Å². The van der Waals surface area contributed by atoms with Crippen LogP contribution in [0.3, 0.4) is 0 Å². The van der Waals surface area contributed by atoms with Crippen molar-refractivity contribution in [3.05, 3.63) is 161 Å². The second-order valence-electron chi connectivity index (χ2n) is 8.12. The van der Waals surface area contributed by atoms with Crippen molar-refractivity contribution in [1.29, 1.82) is 0 Å². The van der Waals surface area contributed by atoms with E-state index < -0.39 is 0 Å². The number of carbonyl (C=O) groups is 3. The van der Waals surface area contributed by atoms with Crippen molar-refractivity contribution in [2.24, 2.45) is 0 Å². The molecule has 0 bridgehead atoms. The first-order valence-electron chi connectivity index (χ1n) is 11.6. The molecule has 0 fully saturated rings. The highest BCUT2D eigenvalue weighted by Crippen LogP contribution is 2.16. The molecule has 174 valence electrons. The molecule has 4 aromatic rings. The zero-order chi connectivity index (χ0) is 25.2. The Morgan fingerprint density at radius 1 is 0.389 bits per heavy atom. The summed E-state index contributed by atoms with van der Waals surface area (Å²) in [5.74, 6) is -0.870. The molecular weight excluding hydrogens is 444 g/mol. The van der Waals surface area contributed by atoms with Crippen molar-refractivity contribution in [2.45, 2.75) is 0 Å². The van der Waals surface area contributed by atoms with Gasteiger partial charge in [0.2, 0.25) is 0 Å². The van der Waals surface area contributed by atoms with Gasteiger partial charge in [-0.2, -0.15) is 0 Å². The summed E-state index contributed by atoms with van der Waals surface area (Å²) in [6, 6.07) is 33.0. The van der Waals surface area contributed by atoms with Crippen LogP contribution in [0, 0.1) is 0 Å². The van der Waals surface area contributed by atoms with Crippen LogP contribution >= 0.6 is 0 Å². The van der Waals surface area contributed by atoms with Crippen LogP contribution in [0.1, 0.15) is 47.8 Å². The molecule has 0 saturated carbocycles. The zero-order valence-corrected chi connectivity index (χ0v) is 19.6. The molecule has 0 spiro atoms. The number of allylic oxidation sites excluding steroid dienone is 3. The fraction of sp³-hybridized carbons (Fsp3) is 0. The number of ketones is 3. The van der Waals surface area contributed by atoms with Crippen LogP contribution in [-0.2, 0) is 0 Å². The quantitative estimate of drug-likeness (QED) is 0.190. The summed E-state index contributed by atoms with van der Waals surface area (Å²) >= 11 is 0. The Morgan fingerprint density at radius 3 is 0.889 bits per heavy atom. The molecule has 36 heavy (non-hydrogen) atoms. The van der Waals surface area contributed by atoms with Gasteiger partial charge in [-0.25, -0.2) is 0 Å². The molecule has 0 atom stereocenters. The first-order valence-corrected chi connectivity index (χ1v) is 11.6. The lowest BCUT2D eigenvalue weighted by Gasteiger charge is -2.05. The molecule has 4 aromatic carbocycles. The maximum absolute atomic E-state index is 13.0. The molecule has 0 N–H and O–H groups in total. The lowest BCUT2D eigenvalue weighted by Crippen LogP contribution is -2.05. The van der Waals surface area contributed by atoms with Gasteiger partial charge in [-0.05, 0) is 53.1 Å². The Bertz CT molecular complexity index is 1250. The summed E-state index contributed by atoms with van der Waals surface area (Å²) in [5, 5.41) is 0. The molecule has 0 heterocycles. The maximum Gasteiger partial charge on any atom is 0.185 e. The summed E-state index contributed by atoms with van der Waals surface area (Å²) in [6.45, 7) is 0. The van der Waals surface area contributed by atoms with Crippen molar-refractivity contribution >= 4 is 35.6 Å². The summed E-state index contributed by atoms with van der Waals surface area (Å²) in [7, 11) is 0. The molecule has 0 aliphatic rings. The Morgan fingerprint density at radius 2 is 0.639 bits per heavy atom. The summed E-state index contributed by atoms with van der Waals surface area (Å²) in [4.78, 5) is 38.9. The first kappa shape index (κ1) is 24.2. The zero-order valence-electron chi connectivity index (χ0n) is 19.6. The Balaban J connectivity index is 1.65. The molecule has 0 saturated heterocycles. The molecule has 3 heteroatoms. The van der Waals surface area contributed by atoms with E-state index in [9.17, 15) is 14.4 Å². The van der Waals surface area contributed by atoms with Crippen LogP contribution in [0.2, 0.25) is 0 Å². The number of hydrogen-bond donors (Lipinski definition) is 0. The van der Waals surface area contributed by atoms with Crippen molar-refractivity contribution < 1.29 is 14.4 Å². The van der Waals surface area contributed by atoms with E-state index in [0.717, 1.165) is 16.7 Å². The third-order valence-electron chi connectivity index (χ3n) is 5.47. The van der Waals surface area contributed by atoms with Gasteiger partial charge in [0.15, 0.2) is 17.3 Å². The highest BCUT2D eigenvalue weighted by atomic mass is 16.1. The minimum Gasteiger partial charge on any atom is -0.289 e. The predicted molar refractivity (Wildman–Crippen MR) is 146 cm³/mol. The van der Waals surface area contributed by atoms with Gasteiger partial charge in [0.25, 0.3) is 0 Å². The number of benzene rings is 4. The van der Waals surface area contributed by atoms with Crippen molar-refractivity contribution in [1.82, 2.24) is 0 Å². The fourth-order valence-corrected chi connectivity index (χ4v) is 3.55. The van der Waals surface area contributed by atoms with Gasteiger partial charge in [-0.3, -0.25) is 14.4 Å². The lowest BCUT2D eigenvalue weighted by atomic mass is 9.97. The van der Waals surface area contributed by atoms with Crippen LogP contribution in [0.15, 0.2) is 127 Å². The van der Waals surface area contributed by atoms with Gasteiger partial charge < -0.3 is 0 Å². The largest absolute Gasteiger partial charge is 0.289 e. The highest BCUT2D eigenvalue weighted by Gasteiger charge is 2.13. The van der Waals surface area contributed by atoms with Crippen molar-refractivity contribution in [3.63, 3.8) is 0 Å². The third-order valence-corrected chi connectivity index (χ3v) is 5.47. The van der Waals surface area contributed by atoms with Crippen LogP contribution < -0.4 is 0 Å². The number of carbonyl (C=O) groups excluding carboxylic acids is 3. The van der Waals surface area contributed by atoms with Gasteiger partial charge in [0.05, 0.1) is 0 Å². The molecule has 4 rings (SSSR count). The standard InChI is InChI=1S/C33H24O3/c34-31(19-16-25-10-4-1-5-11-25)28-22-29(32(35)20-17-26-12-6-2-7-13-26)24-30(23-28)33(36)21-18-27-14-8-3-9-15-27/h1-24H/b19-16+,20-17+,21-18+.